The van der Waals surface area contributed by atoms with Crippen LogP contribution in [-0.2, 0) is 0 Å². The van der Waals surface area contributed by atoms with Crippen molar-refractivity contribution in [2.45, 2.75) is 0 Å². The largest absolute Gasteiger partial charge is 0.496 e. The van der Waals surface area contributed by atoms with Gasteiger partial charge in [0.1, 0.15) is 17.2 Å². The molecule has 2 rings (SSSR count). The smallest absolute Gasteiger partial charge is 0.271 e. The molecule has 0 unspecified atom stereocenters. The topological polar surface area (TPSA) is 69.2 Å². The lowest BCUT2D eigenvalue weighted by molar-refractivity contribution is 0.0955. The second-order valence-electron chi connectivity index (χ2n) is 4.51. The van der Waals surface area contributed by atoms with Crippen LogP contribution in [0.3, 0.4) is 0 Å². The van der Waals surface area contributed by atoms with E-state index in [-0.39, 0.29) is 5.91 Å². The van der Waals surface area contributed by atoms with E-state index in [1.165, 1.54) is 20.4 Å². The lowest BCUT2D eigenvalue weighted by Crippen LogP contribution is -2.17. The third kappa shape index (κ3) is 4.00. The molecule has 0 aliphatic heterocycles. The average molecular weight is 314 g/mol. The zero-order valence-corrected chi connectivity index (χ0v) is 13.2. The van der Waals surface area contributed by atoms with Crippen molar-refractivity contribution >= 4 is 12.1 Å². The van der Waals surface area contributed by atoms with Crippen LogP contribution in [0.25, 0.3) is 0 Å². The normalized spacial score (nSPS) is 10.4. The van der Waals surface area contributed by atoms with Gasteiger partial charge in [-0.25, -0.2) is 5.43 Å². The first-order valence-electron chi connectivity index (χ1n) is 6.88. The molecule has 120 valence electrons. The monoisotopic (exact) mass is 314 g/mol. The molecular formula is C17H18N2O4. The zero-order chi connectivity index (χ0) is 16.7. The van der Waals surface area contributed by atoms with Gasteiger partial charge in [-0.1, -0.05) is 18.2 Å². The number of nitrogens with one attached hydrogen (secondary N) is 1. The molecule has 2 aromatic rings. The van der Waals surface area contributed by atoms with Gasteiger partial charge in [0, 0.05) is 17.7 Å². The molecule has 0 atom stereocenters. The summed E-state index contributed by atoms with van der Waals surface area (Å²) in [7, 11) is 4.63. The first-order valence-corrected chi connectivity index (χ1v) is 6.88. The van der Waals surface area contributed by atoms with E-state index in [1.54, 1.807) is 43.5 Å². The predicted octanol–water partition coefficient (Wildman–Crippen LogP) is 2.48. The molecule has 6 nitrogen and oxygen atoms in total. The second kappa shape index (κ2) is 7.84. The highest BCUT2D eigenvalue weighted by molar-refractivity contribution is 5.95. The molecule has 6 heteroatoms. The minimum atomic E-state index is -0.298. The number of carbonyl (C=O) groups is 1. The van der Waals surface area contributed by atoms with E-state index in [1.807, 2.05) is 6.07 Å². The van der Waals surface area contributed by atoms with E-state index < -0.39 is 0 Å². The molecular weight excluding hydrogens is 296 g/mol. The fraction of sp³-hybridized carbons (Fsp3) is 0.176. The third-order valence-electron chi connectivity index (χ3n) is 3.15. The molecule has 0 aromatic heterocycles. The summed E-state index contributed by atoms with van der Waals surface area (Å²) in [5, 5.41) is 3.97. The van der Waals surface area contributed by atoms with Gasteiger partial charge in [-0.3, -0.25) is 4.79 Å². The summed E-state index contributed by atoms with van der Waals surface area (Å²) in [6.45, 7) is 0. The Morgan fingerprint density at radius 1 is 1.00 bits per heavy atom. The van der Waals surface area contributed by atoms with Crippen LogP contribution in [0.15, 0.2) is 47.6 Å². The molecule has 1 amide bonds. The van der Waals surface area contributed by atoms with Crippen LogP contribution in [0, 0.1) is 0 Å². The summed E-state index contributed by atoms with van der Waals surface area (Å²) in [5.41, 5.74) is 3.59. The van der Waals surface area contributed by atoms with Gasteiger partial charge in [0.05, 0.1) is 33.1 Å². The predicted molar refractivity (Wildman–Crippen MR) is 87.6 cm³/mol. The van der Waals surface area contributed by atoms with E-state index in [0.29, 0.717) is 28.4 Å². The van der Waals surface area contributed by atoms with Crippen molar-refractivity contribution in [3.8, 4) is 17.2 Å². The number of amides is 1. The Morgan fingerprint density at radius 3 is 2.13 bits per heavy atom. The molecule has 0 bridgehead atoms. The summed E-state index contributed by atoms with van der Waals surface area (Å²) in [4.78, 5) is 11.9. The molecule has 0 saturated carbocycles. The van der Waals surface area contributed by atoms with Gasteiger partial charge in [0.15, 0.2) is 0 Å². The first-order chi connectivity index (χ1) is 11.2. The highest BCUT2D eigenvalue weighted by Gasteiger charge is 2.11. The van der Waals surface area contributed by atoms with Crippen molar-refractivity contribution in [2.24, 2.45) is 5.10 Å². The molecule has 23 heavy (non-hydrogen) atoms. The van der Waals surface area contributed by atoms with Gasteiger partial charge in [-0.15, -0.1) is 0 Å². The van der Waals surface area contributed by atoms with Crippen molar-refractivity contribution in [3.05, 3.63) is 53.6 Å². The molecule has 0 aliphatic carbocycles. The molecule has 0 heterocycles. The molecule has 0 fully saturated rings. The van der Waals surface area contributed by atoms with Gasteiger partial charge in [0.25, 0.3) is 5.91 Å². The highest BCUT2D eigenvalue weighted by atomic mass is 16.5. The maximum Gasteiger partial charge on any atom is 0.271 e. The second-order valence-corrected chi connectivity index (χ2v) is 4.51. The summed E-state index contributed by atoms with van der Waals surface area (Å²) in [6.07, 6.45) is 1.47. The van der Waals surface area contributed by atoms with Crippen molar-refractivity contribution in [1.82, 2.24) is 5.43 Å². The Balaban J connectivity index is 2.20. The van der Waals surface area contributed by atoms with Crippen molar-refractivity contribution in [2.75, 3.05) is 21.3 Å². The maximum absolute atomic E-state index is 11.9. The first kappa shape index (κ1) is 16.4. The quantitative estimate of drug-likeness (QED) is 0.657. The standard InChI is InChI=1S/C17H18N2O4/c1-21-13-9-15(22-2)14(16(10-13)23-3)11-18-19-17(20)12-7-5-4-6-8-12/h4-11H,1-3H3,(H,19,20)/b18-11+. The SMILES string of the molecule is COc1cc(OC)c(/C=N/NC(=O)c2ccccc2)c(OC)c1. The van der Waals surface area contributed by atoms with Gasteiger partial charge >= 0.3 is 0 Å². The summed E-state index contributed by atoms with van der Waals surface area (Å²) < 4.78 is 15.8. The number of nitrogens with zero attached hydrogens (tertiary/aromatic N) is 1. The number of benzene rings is 2. The van der Waals surface area contributed by atoms with Gasteiger partial charge in [-0.05, 0) is 12.1 Å². The Bertz CT molecular complexity index is 674. The maximum atomic E-state index is 11.9. The zero-order valence-electron chi connectivity index (χ0n) is 13.2. The van der Waals surface area contributed by atoms with Crippen LogP contribution >= 0.6 is 0 Å². The lowest BCUT2D eigenvalue weighted by atomic mass is 10.2. The molecule has 1 N–H and O–H groups in total. The fourth-order valence-corrected chi connectivity index (χ4v) is 1.97. The number of carbonyl (C=O) groups excluding carboxylic acids is 1. The molecule has 2 aromatic carbocycles. The van der Waals surface area contributed by atoms with Crippen LogP contribution in [0.5, 0.6) is 17.2 Å². The molecule has 0 saturated heterocycles. The molecule has 0 spiro atoms. The minimum absolute atomic E-state index is 0.298. The number of hydrogen-bond donors (Lipinski definition) is 1. The van der Waals surface area contributed by atoms with Gasteiger partial charge in [0.2, 0.25) is 0 Å². The Labute approximate surface area is 134 Å². The van der Waals surface area contributed by atoms with E-state index >= 15 is 0 Å². The molecule has 0 radical (unpaired) electrons. The van der Waals surface area contributed by atoms with Gasteiger partial charge in [-0.2, -0.15) is 5.10 Å². The van der Waals surface area contributed by atoms with Crippen molar-refractivity contribution in [1.29, 1.82) is 0 Å². The number of rotatable bonds is 6. The van der Waals surface area contributed by atoms with E-state index in [4.69, 9.17) is 14.2 Å². The Kier molecular flexibility index (Phi) is 5.57. The summed E-state index contributed by atoms with van der Waals surface area (Å²) in [6, 6.07) is 12.3. The van der Waals surface area contributed by atoms with Crippen LogP contribution in [-0.4, -0.2) is 33.5 Å². The van der Waals surface area contributed by atoms with Gasteiger partial charge < -0.3 is 14.2 Å². The number of methoxy groups -OCH3 is 3. The number of hydrogen-bond acceptors (Lipinski definition) is 5. The Hall–Kier alpha value is -3.02. The number of hydrazone groups is 1. The Morgan fingerprint density at radius 2 is 1.61 bits per heavy atom. The third-order valence-corrected chi connectivity index (χ3v) is 3.15. The average Bonchev–Trinajstić information content (AvgIpc) is 2.62. The van der Waals surface area contributed by atoms with E-state index in [0.717, 1.165) is 0 Å². The van der Waals surface area contributed by atoms with E-state index in [9.17, 15) is 4.79 Å². The minimum Gasteiger partial charge on any atom is -0.496 e. The van der Waals surface area contributed by atoms with Crippen molar-refractivity contribution < 1.29 is 19.0 Å². The molecule has 0 aliphatic rings. The summed E-state index contributed by atoms with van der Waals surface area (Å²) in [5.74, 6) is 1.36. The van der Waals surface area contributed by atoms with Crippen molar-refractivity contribution in [3.63, 3.8) is 0 Å². The summed E-state index contributed by atoms with van der Waals surface area (Å²) >= 11 is 0. The fourth-order valence-electron chi connectivity index (χ4n) is 1.97. The van der Waals surface area contributed by atoms with Crippen LogP contribution in [0.4, 0.5) is 0 Å². The van der Waals surface area contributed by atoms with Crippen LogP contribution < -0.4 is 19.6 Å². The van der Waals surface area contributed by atoms with Crippen LogP contribution in [0.2, 0.25) is 0 Å². The van der Waals surface area contributed by atoms with Crippen LogP contribution in [0.1, 0.15) is 15.9 Å². The number of ether oxygens (including phenoxy) is 3. The lowest BCUT2D eigenvalue weighted by Gasteiger charge is -2.12. The highest BCUT2D eigenvalue weighted by Crippen LogP contribution is 2.32. The van der Waals surface area contributed by atoms with E-state index in [2.05, 4.69) is 10.5 Å².